The Balaban J connectivity index is 2.32. The third-order valence-electron chi connectivity index (χ3n) is 3.38. The summed E-state index contributed by atoms with van der Waals surface area (Å²) in [6, 6.07) is 5.43. The minimum atomic E-state index is -0.373. The Hall–Kier alpha value is -1.20. The molecule has 1 aromatic carbocycles. The largest absolute Gasteiger partial charge is 0.389 e. The summed E-state index contributed by atoms with van der Waals surface area (Å²) in [6.45, 7) is 6.28. The zero-order valence-electron chi connectivity index (χ0n) is 12.4. The number of nitrogens with two attached hydrogens (primary N) is 1. The fraction of sp³-hybridized carbons (Fsp3) is 0.533. The number of benzene rings is 1. The smallest absolute Gasteiger partial charge is 0.135 e. The predicted molar refractivity (Wildman–Crippen MR) is 87.8 cm³/mol. The van der Waals surface area contributed by atoms with Crippen molar-refractivity contribution >= 4 is 22.9 Å². The molecule has 0 saturated carbocycles. The molecule has 0 amide bonds. The van der Waals surface area contributed by atoms with Crippen molar-refractivity contribution in [3.05, 3.63) is 29.6 Å². The van der Waals surface area contributed by atoms with Crippen LogP contribution in [0.3, 0.4) is 0 Å². The summed E-state index contributed by atoms with van der Waals surface area (Å²) in [5, 5.41) is 3.21. The number of hydrogen-bond donors (Lipinski definition) is 2. The van der Waals surface area contributed by atoms with Crippen LogP contribution in [0.1, 0.15) is 32.3 Å². The quantitative estimate of drug-likeness (QED) is 0.572. The zero-order valence-corrected chi connectivity index (χ0v) is 13.3. The minimum absolute atomic E-state index is 0.0887. The molecule has 0 aliphatic heterocycles. The van der Waals surface area contributed by atoms with Crippen molar-refractivity contribution in [2.75, 3.05) is 25.5 Å². The molecule has 0 aliphatic carbocycles. The van der Waals surface area contributed by atoms with Gasteiger partial charge in [-0.25, -0.2) is 4.39 Å². The van der Waals surface area contributed by atoms with Crippen LogP contribution in [0.5, 0.6) is 0 Å². The first-order valence-electron chi connectivity index (χ1n) is 6.95. The summed E-state index contributed by atoms with van der Waals surface area (Å²) in [5.74, 6) is -0.373. The van der Waals surface area contributed by atoms with Crippen LogP contribution in [0, 0.1) is 5.82 Å². The van der Waals surface area contributed by atoms with Gasteiger partial charge in [-0.3, -0.25) is 0 Å². The first-order chi connectivity index (χ1) is 9.41. The van der Waals surface area contributed by atoms with Crippen LogP contribution in [0.2, 0.25) is 0 Å². The number of anilines is 1. The highest BCUT2D eigenvalue weighted by Gasteiger charge is 2.06. The monoisotopic (exact) mass is 297 g/mol. The van der Waals surface area contributed by atoms with Crippen molar-refractivity contribution in [2.45, 2.75) is 32.7 Å². The Bertz CT molecular complexity index is 449. The van der Waals surface area contributed by atoms with Gasteiger partial charge in [-0.1, -0.05) is 12.2 Å². The lowest BCUT2D eigenvalue weighted by molar-refractivity contribution is 0.269. The second-order valence-electron chi connectivity index (χ2n) is 5.27. The molecule has 1 aromatic rings. The topological polar surface area (TPSA) is 41.3 Å². The maximum absolute atomic E-state index is 13.7. The van der Waals surface area contributed by atoms with Crippen LogP contribution in [-0.4, -0.2) is 36.1 Å². The van der Waals surface area contributed by atoms with Gasteiger partial charge in [-0.2, -0.15) is 0 Å². The molecule has 0 unspecified atom stereocenters. The second kappa shape index (κ2) is 8.17. The van der Waals surface area contributed by atoms with Gasteiger partial charge >= 0.3 is 0 Å². The van der Waals surface area contributed by atoms with Gasteiger partial charge in [0.15, 0.2) is 0 Å². The van der Waals surface area contributed by atoms with Gasteiger partial charge in [0, 0.05) is 23.8 Å². The fourth-order valence-electron chi connectivity index (χ4n) is 1.80. The number of thiocarbonyl (C=S) groups is 1. The predicted octanol–water partition coefficient (Wildman–Crippen LogP) is 2.99. The molecule has 0 bridgehead atoms. The number of hydrogen-bond acceptors (Lipinski definition) is 3. The SMILES string of the molecule is CC(C)N(C)CCCCNc1ccc(C(N)=S)c(F)c1. The molecule has 112 valence electrons. The normalized spacial score (nSPS) is 11.1. The molecule has 1 rings (SSSR count). The van der Waals surface area contributed by atoms with Crippen LogP contribution in [0.15, 0.2) is 18.2 Å². The van der Waals surface area contributed by atoms with Gasteiger partial charge in [0.05, 0.1) is 0 Å². The molecular formula is C15H24FN3S. The van der Waals surface area contributed by atoms with Crippen LogP contribution < -0.4 is 11.1 Å². The highest BCUT2D eigenvalue weighted by Crippen LogP contribution is 2.14. The van der Waals surface area contributed by atoms with E-state index >= 15 is 0 Å². The summed E-state index contributed by atoms with van der Waals surface area (Å²) in [5.41, 5.74) is 6.48. The number of halogens is 1. The number of unbranched alkanes of at least 4 members (excludes halogenated alkanes) is 1. The molecule has 0 fully saturated rings. The standard InChI is InChI=1S/C15H24FN3S/c1-11(2)19(3)9-5-4-8-18-12-6-7-13(15(17)20)14(16)10-12/h6-7,10-11,18H,4-5,8-9H2,1-3H3,(H2,17,20). The van der Waals surface area contributed by atoms with Crippen LogP contribution in [0.25, 0.3) is 0 Å². The molecule has 0 saturated heterocycles. The first kappa shape index (κ1) is 16.9. The maximum atomic E-state index is 13.7. The van der Waals surface area contributed by atoms with E-state index in [1.54, 1.807) is 12.1 Å². The first-order valence-corrected chi connectivity index (χ1v) is 7.36. The third-order valence-corrected chi connectivity index (χ3v) is 3.60. The van der Waals surface area contributed by atoms with Crippen molar-refractivity contribution in [2.24, 2.45) is 5.73 Å². The number of nitrogens with one attached hydrogen (secondary N) is 1. The molecule has 0 aliphatic rings. The highest BCUT2D eigenvalue weighted by molar-refractivity contribution is 7.80. The summed E-state index contributed by atoms with van der Waals surface area (Å²) >= 11 is 4.77. The minimum Gasteiger partial charge on any atom is -0.389 e. The molecule has 0 spiro atoms. The van der Waals surface area contributed by atoms with E-state index in [0.29, 0.717) is 11.6 Å². The Morgan fingerprint density at radius 2 is 2.10 bits per heavy atom. The van der Waals surface area contributed by atoms with Crippen LogP contribution >= 0.6 is 12.2 Å². The lowest BCUT2D eigenvalue weighted by atomic mass is 10.2. The van der Waals surface area contributed by atoms with E-state index in [0.717, 1.165) is 31.6 Å². The molecule has 0 radical (unpaired) electrons. The second-order valence-corrected chi connectivity index (χ2v) is 5.71. The molecule has 0 heterocycles. The lowest BCUT2D eigenvalue weighted by Gasteiger charge is -2.20. The lowest BCUT2D eigenvalue weighted by Crippen LogP contribution is -2.27. The Kier molecular flexibility index (Phi) is 6.88. The molecule has 3 nitrogen and oxygen atoms in total. The van der Waals surface area contributed by atoms with Crippen LogP contribution in [0.4, 0.5) is 10.1 Å². The average Bonchev–Trinajstić information content (AvgIpc) is 2.37. The summed E-state index contributed by atoms with van der Waals surface area (Å²) < 4.78 is 13.7. The van der Waals surface area contributed by atoms with E-state index in [-0.39, 0.29) is 10.8 Å². The van der Waals surface area contributed by atoms with E-state index in [4.69, 9.17) is 18.0 Å². The Labute approximate surface area is 126 Å². The highest BCUT2D eigenvalue weighted by atomic mass is 32.1. The van der Waals surface area contributed by atoms with Crippen LogP contribution in [-0.2, 0) is 0 Å². The summed E-state index contributed by atoms with van der Waals surface area (Å²) in [4.78, 5) is 2.40. The molecule has 0 atom stereocenters. The maximum Gasteiger partial charge on any atom is 0.135 e. The molecule has 0 aromatic heterocycles. The Morgan fingerprint density at radius 1 is 1.40 bits per heavy atom. The van der Waals surface area contributed by atoms with Gasteiger partial charge in [0.2, 0.25) is 0 Å². The molecule has 5 heteroatoms. The number of nitrogens with zero attached hydrogens (tertiary/aromatic N) is 1. The Morgan fingerprint density at radius 3 is 2.65 bits per heavy atom. The van der Waals surface area contributed by atoms with E-state index in [1.807, 2.05) is 0 Å². The fourth-order valence-corrected chi connectivity index (χ4v) is 1.97. The van der Waals surface area contributed by atoms with Gasteiger partial charge in [0.1, 0.15) is 10.8 Å². The third kappa shape index (κ3) is 5.43. The van der Waals surface area contributed by atoms with Gasteiger partial charge in [-0.05, 0) is 58.5 Å². The van der Waals surface area contributed by atoms with Crippen molar-refractivity contribution in [3.63, 3.8) is 0 Å². The summed E-state index contributed by atoms with van der Waals surface area (Å²) in [6.07, 6.45) is 2.17. The molecule has 20 heavy (non-hydrogen) atoms. The van der Waals surface area contributed by atoms with E-state index < -0.39 is 0 Å². The van der Waals surface area contributed by atoms with E-state index in [2.05, 4.69) is 31.1 Å². The van der Waals surface area contributed by atoms with Gasteiger partial charge in [0.25, 0.3) is 0 Å². The van der Waals surface area contributed by atoms with Crippen molar-refractivity contribution in [1.29, 1.82) is 0 Å². The number of rotatable bonds is 8. The molecule has 3 N–H and O–H groups in total. The van der Waals surface area contributed by atoms with E-state index in [1.165, 1.54) is 6.07 Å². The average molecular weight is 297 g/mol. The van der Waals surface area contributed by atoms with Crippen molar-refractivity contribution in [3.8, 4) is 0 Å². The zero-order chi connectivity index (χ0) is 15.1. The van der Waals surface area contributed by atoms with Crippen molar-refractivity contribution in [1.82, 2.24) is 4.90 Å². The van der Waals surface area contributed by atoms with Gasteiger partial charge in [-0.15, -0.1) is 0 Å². The van der Waals surface area contributed by atoms with Gasteiger partial charge < -0.3 is 16.0 Å². The molecular weight excluding hydrogens is 273 g/mol. The van der Waals surface area contributed by atoms with Crippen molar-refractivity contribution < 1.29 is 4.39 Å². The summed E-state index contributed by atoms with van der Waals surface area (Å²) in [7, 11) is 2.13. The van der Waals surface area contributed by atoms with E-state index in [9.17, 15) is 4.39 Å².